The van der Waals surface area contributed by atoms with Crippen molar-refractivity contribution in [2.45, 2.75) is 13.5 Å². The number of anilines is 1. The molecule has 2 heterocycles. The lowest BCUT2D eigenvalue weighted by Crippen LogP contribution is -2.34. The molecule has 0 saturated carbocycles. The van der Waals surface area contributed by atoms with E-state index in [-0.39, 0.29) is 18.5 Å². The van der Waals surface area contributed by atoms with E-state index in [1.54, 1.807) is 11.3 Å². The third-order valence-electron chi connectivity index (χ3n) is 3.23. The van der Waals surface area contributed by atoms with Gasteiger partial charge in [0.2, 0.25) is 0 Å². The molecule has 0 spiro atoms. The molecule has 0 unspecified atom stereocenters. The van der Waals surface area contributed by atoms with Crippen LogP contribution >= 0.6 is 11.3 Å². The summed E-state index contributed by atoms with van der Waals surface area (Å²) in [6.45, 7) is 2.34. The normalized spacial score (nSPS) is 10.5. The minimum atomic E-state index is -0.207. The number of oxazole rings is 1. The number of aromatic nitrogens is 1. The Labute approximate surface area is 138 Å². The van der Waals surface area contributed by atoms with Gasteiger partial charge in [0.25, 0.3) is 5.91 Å². The van der Waals surface area contributed by atoms with Crippen LogP contribution in [0.25, 0.3) is 0 Å². The standard InChI is InChI=1S/C17H16N2O3S/c1-13-4-6-14(7-5-13)22-12-16(20)19(17-18-8-9-21-17)11-15-3-2-10-23-15/h2-10H,11-12H2,1H3. The molecule has 0 saturated heterocycles. The van der Waals surface area contributed by atoms with Crippen molar-refractivity contribution >= 4 is 23.3 Å². The van der Waals surface area contributed by atoms with Gasteiger partial charge in [-0.2, -0.15) is 0 Å². The number of ether oxygens (including phenoxy) is 1. The van der Waals surface area contributed by atoms with Crippen molar-refractivity contribution in [1.29, 1.82) is 0 Å². The first-order chi connectivity index (χ1) is 11.2. The smallest absolute Gasteiger partial charge is 0.304 e. The van der Waals surface area contributed by atoms with Crippen molar-refractivity contribution in [2.75, 3.05) is 11.5 Å². The zero-order valence-corrected chi connectivity index (χ0v) is 13.5. The Balaban J connectivity index is 1.68. The molecule has 0 fully saturated rings. The summed E-state index contributed by atoms with van der Waals surface area (Å²) in [5.41, 5.74) is 1.14. The van der Waals surface area contributed by atoms with E-state index in [4.69, 9.17) is 9.15 Å². The summed E-state index contributed by atoms with van der Waals surface area (Å²) in [7, 11) is 0. The van der Waals surface area contributed by atoms with Crippen LogP contribution in [0.2, 0.25) is 0 Å². The van der Waals surface area contributed by atoms with E-state index in [1.807, 2.05) is 48.7 Å². The summed E-state index contributed by atoms with van der Waals surface area (Å²) in [4.78, 5) is 19.1. The van der Waals surface area contributed by atoms with Gasteiger partial charge in [0.15, 0.2) is 6.61 Å². The second-order valence-electron chi connectivity index (χ2n) is 4.98. The molecule has 6 heteroatoms. The maximum Gasteiger partial charge on any atom is 0.304 e. The zero-order valence-electron chi connectivity index (χ0n) is 12.6. The molecule has 0 bridgehead atoms. The third kappa shape index (κ3) is 3.98. The molecule has 3 rings (SSSR count). The van der Waals surface area contributed by atoms with Gasteiger partial charge >= 0.3 is 6.01 Å². The van der Waals surface area contributed by atoms with Crippen molar-refractivity contribution in [1.82, 2.24) is 4.98 Å². The van der Waals surface area contributed by atoms with Crippen LogP contribution in [0.4, 0.5) is 6.01 Å². The van der Waals surface area contributed by atoms with Crippen LogP contribution in [-0.2, 0) is 11.3 Å². The van der Waals surface area contributed by atoms with Gasteiger partial charge in [0.1, 0.15) is 12.0 Å². The van der Waals surface area contributed by atoms with Crippen molar-refractivity contribution in [2.24, 2.45) is 0 Å². The van der Waals surface area contributed by atoms with Crippen LogP contribution in [0.1, 0.15) is 10.4 Å². The second kappa shape index (κ2) is 7.11. The summed E-state index contributed by atoms with van der Waals surface area (Å²) >= 11 is 1.58. The summed E-state index contributed by atoms with van der Waals surface area (Å²) in [5.74, 6) is 0.453. The van der Waals surface area contributed by atoms with E-state index in [0.717, 1.165) is 10.4 Å². The SMILES string of the molecule is Cc1ccc(OCC(=O)N(Cc2cccs2)c2ncco2)cc1. The first-order valence-corrected chi connectivity index (χ1v) is 8.02. The molecule has 0 aliphatic carbocycles. The van der Waals surface area contributed by atoms with Gasteiger partial charge in [-0.15, -0.1) is 11.3 Å². The number of amides is 1. The van der Waals surface area contributed by atoms with Gasteiger partial charge in [-0.25, -0.2) is 4.98 Å². The number of carbonyl (C=O) groups is 1. The monoisotopic (exact) mass is 328 g/mol. The van der Waals surface area contributed by atoms with Crippen LogP contribution in [0.5, 0.6) is 5.75 Å². The highest BCUT2D eigenvalue weighted by molar-refractivity contribution is 7.09. The maximum atomic E-state index is 12.5. The number of hydrogen-bond acceptors (Lipinski definition) is 5. The Kier molecular flexibility index (Phi) is 4.73. The summed E-state index contributed by atoms with van der Waals surface area (Å²) < 4.78 is 10.8. The molecule has 0 aliphatic heterocycles. The molecule has 5 nitrogen and oxygen atoms in total. The molecule has 23 heavy (non-hydrogen) atoms. The van der Waals surface area contributed by atoms with E-state index in [9.17, 15) is 4.79 Å². The fraction of sp³-hybridized carbons (Fsp3) is 0.176. The zero-order chi connectivity index (χ0) is 16.1. The number of benzene rings is 1. The number of hydrogen-bond donors (Lipinski definition) is 0. The quantitative estimate of drug-likeness (QED) is 0.693. The van der Waals surface area contributed by atoms with E-state index >= 15 is 0 Å². The topological polar surface area (TPSA) is 55.6 Å². The minimum absolute atomic E-state index is 0.0726. The van der Waals surface area contributed by atoms with E-state index in [2.05, 4.69) is 4.98 Å². The van der Waals surface area contributed by atoms with Crippen LogP contribution in [-0.4, -0.2) is 17.5 Å². The second-order valence-corrected chi connectivity index (χ2v) is 6.01. The molecule has 118 valence electrons. The fourth-order valence-corrected chi connectivity index (χ4v) is 2.72. The Morgan fingerprint density at radius 1 is 1.30 bits per heavy atom. The lowest BCUT2D eigenvalue weighted by atomic mass is 10.2. The molecular weight excluding hydrogens is 312 g/mol. The van der Waals surface area contributed by atoms with Gasteiger partial charge < -0.3 is 9.15 Å². The molecule has 1 amide bonds. The van der Waals surface area contributed by atoms with Crippen molar-refractivity contribution in [3.05, 3.63) is 64.7 Å². The summed E-state index contributed by atoms with van der Waals surface area (Å²) in [5, 5.41) is 1.97. The number of aryl methyl sites for hydroxylation is 1. The summed E-state index contributed by atoms with van der Waals surface area (Å²) in [6, 6.07) is 11.8. The van der Waals surface area contributed by atoms with Crippen LogP contribution in [0.3, 0.4) is 0 Å². The average molecular weight is 328 g/mol. The number of thiophene rings is 1. The lowest BCUT2D eigenvalue weighted by Gasteiger charge is -2.18. The van der Waals surface area contributed by atoms with Gasteiger partial charge in [0, 0.05) is 4.88 Å². The molecule has 0 aliphatic rings. The van der Waals surface area contributed by atoms with Crippen LogP contribution in [0, 0.1) is 6.92 Å². The maximum absolute atomic E-state index is 12.5. The van der Waals surface area contributed by atoms with Gasteiger partial charge in [-0.05, 0) is 30.5 Å². The first kappa shape index (κ1) is 15.3. The number of nitrogens with zero attached hydrogens (tertiary/aromatic N) is 2. The van der Waals surface area contributed by atoms with Crippen molar-refractivity contribution in [3.8, 4) is 5.75 Å². The molecular formula is C17H16N2O3S. The first-order valence-electron chi connectivity index (χ1n) is 7.14. The Bertz CT molecular complexity index is 737. The molecule has 1 aromatic carbocycles. The van der Waals surface area contributed by atoms with E-state index in [1.165, 1.54) is 17.4 Å². The van der Waals surface area contributed by atoms with Crippen molar-refractivity contribution < 1.29 is 13.9 Å². The third-order valence-corrected chi connectivity index (χ3v) is 4.09. The Hall–Kier alpha value is -2.60. The van der Waals surface area contributed by atoms with Gasteiger partial charge in [-0.3, -0.25) is 9.69 Å². The molecule has 0 atom stereocenters. The highest BCUT2D eigenvalue weighted by atomic mass is 32.1. The molecule has 3 aromatic rings. The van der Waals surface area contributed by atoms with E-state index < -0.39 is 0 Å². The number of carbonyl (C=O) groups excluding carboxylic acids is 1. The largest absolute Gasteiger partial charge is 0.484 e. The molecule has 2 aromatic heterocycles. The Morgan fingerprint density at radius 3 is 2.78 bits per heavy atom. The number of rotatable bonds is 6. The fourth-order valence-electron chi connectivity index (χ4n) is 2.03. The van der Waals surface area contributed by atoms with E-state index in [0.29, 0.717) is 12.3 Å². The van der Waals surface area contributed by atoms with Crippen LogP contribution < -0.4 is 9.64 Å². The molecule has 0 N–H and O–H groups in total. The Morgan fingerprint density at radius 2 is 2.13 bits per heavy atom. The predicted octanol–water partition coefficient (Wildman–Crippen LogP) is 3.66. The molecule has 0 radical (unpaired) electrons. The lowest BCUT2D eigenvalue weighted by molar-refractivity contribution is -0.120. The highest BCUT2D eigenvalue weighted by Gasteiger charge is 2.21. The highest BCUT2D eigenvalue weighted by Crippen LogP contribution is 2.19. The predicted molar refractivity (Wildman–Crippen MR) is 88.7 cm³/mol. The van der Waals surface area contributed by atoms with Crippen molar-refractivity contribution in [3.63, 3.8) is 0 Å². The minimum Gasteiger partial charge on any atom is -0.484 e. The van der Waals surface area contributed by atoms with Gasteiger partial charge in [-0.1, -0.05) is 23.8 Å². The summed E-state index contributed by atoms with van der Waals surface area (Å²) in [6.07, 6.45) is 2.97. The van der Waals surface area contributed by atoms with Crippen LogP contribution in [0.15, 0.2) is 58.7 Å². The average Bonchev–Trinajstić information content (AvgIpc) is 3.25. The van der Waals surface area contributed by atoms with Gasteiger partial charge in [0.05, 0.1) is 12.7 Å².